The van der Waals surface area contributed by atoms with E-state index in [1.54, 1.807) is 0 Å². The Morgan fingerprint density at radius 3 is 2.65 bits per heavy atom. The van der Waals surface area contributed by atoms with Gasteiger partial charge in [0.1, 0.15) is 0 Å². The molecule has 1 amide bonds. The molecule has 1 aromatic carbocycles. The molecule has 1 aliphatic rings. The van der Waals surface area contributed by atoms with Crippen LogP contribution in [0.5, 0.6) is 0 Å². The molecule has 0 aromatic heterocycles. The van der Waals surface area contributed by atoms with Gasteiger partial charge in [0.2, 0.25) is 5.91 Å². The van der Waals surface area contributed by atoms with Gasteiger partial charge in [0.05, 0.1) is 6.04 Å². The van der Waals surface area contributed by atoms with Crippen molar-refractivity contribution >= 4 is 5.91 Å². The van der Waals surface area contributed by atoms with Crippen molar-refractivity contribution in [2.75, 3.05) is 0 Å². The minimum atomic E-state index is 0.114. The van der Waals surface area contributed by atoms with E-state index in [4.69, 9.17) is 5.73 Å². The lowest BCUT2D eigenvalue weighted by Crippen LogP contribution is -2.38. The molecule has 1 aliphatic carbocycles. The van der Waals surface area contributed by atoms with Crippen molar-refractivity contribution in [1.82, 2.24) is 5.32 Å². The number of carbonyl (C=O) groups excluding carboxylic acids is 1. The number of hydrogen-bond acceptors (Lipinski definition) is 2. The number of nitrogens with one attached hydrogen (secondary N) is 1. The molecule has 0 radical (unpaired) electrons. The average molecular weight is 274 g/mol. The lowest BCUT2D eigenvalue weighted by Gasteiger charge is -2.28. The van der Waals surface area contributed by atoms with Gasteiger partial charge in [-0.3, -0.25) is 4.79 Å². The van der Waals surface area contributed by atoms with Gasteiger partial charge in [-0.1, -0.05) is 50.1 Å². The van der Waals surface area contributed by atoms with Crippen LogP contribution in [0, 0.1) is 5.92 Å². The van der Waals surface area contributed by atoms with Crippen LogP contribution >= 0.6 is 0 Å². The van der Waals surface area contributed by atoms with E-state index in [0.717, 1.165) is 19.3 Å². The van der Waals surface area contributed by atoms with Crippen molar-refractivity contribution in [3.63, 3.8) is 0 Å². The minimum absolute atomic E-state index is 0.114. The molecule has 2 rings (SSSR count). The van der Waals surface area contributed by atoms with E-state index < -0.39 is 0 Å². The second kappa shape index (κ2) is 7.44. The molecule has 3 heteroatoms. The molecule has 0 aliphatic heterocycles. The molecule has 3 N–H and O–H groups in total. The first kappa shape index (κ1) is 15.0. The summed E-state index contributed by atoms with van der Waals surface area (Å²) < 4.78 is 0. The van der Waals surface area contributed by atoms with Crippen LogP contribution < -0.4 is 11.1 Å². The summed E-state index contributed by atoms with van der Waals surface area (Å²) >= 11 is 0. The molecule has 1 aromatic rings. The lowest BCUT2D eigenvalue weighted by atomic mass is 9.83. The van der Waals surface area contributed by atoms with Crippen molar-refractivity contribution in [2.45, 2.75) is 57.5 Å². The van der Waals surface area contributed by atoms with Gasteiger partial charge in [-0.15, -0.1) is 0 Å². The van der Waals surface area contributed by atoms with E-state index in [1.165, 1.54) is 18.4 Å². The molecular weight excluding hydrogens is 248 g/mol. The Balaban J connectivity index is 1.89. The van der Waals surface area contributed by atoms with Crippen LogP contribution in [0.15, 0.2) is 30.3 Å². The zero-order chi connectivity index (χ0) is 14.4. The van der Waals surface area contributed by atoms with E-state index in [2.05, 4.69) is 24.4 Å². The highest BCUT2D eigenvalue weighted by Crippen LogP contribution is 2.26. The maximum absolute atomic E-state index is 12.2. The van der Waals surface area contributed by atoms with E-state index in [-0.39, 0.29) is 18.0 Å². The number of hydrogen-bond donors (Lipinski definition) is 2. The number of benzene rings is 1. The van der Waals surface area contributed by atoms with E-state index in [9.17, 15) is 4.79 Å². The summed E-state index contributed by atoms with van der Waals surface area (Å²) in [6, 6.07) is 10.5. The quantitative estimate of drug-likeness (QED) is 0.866. The summed E-state index contributed by atoms with van der Waals surface area (Å²) in [5.74, 6) is 0.500. The fraction of sp³-hybridized carbons (Fsp3) is 0.588. The smallest absolute Gasteiger partial charge is 0.220 e. The highest BCUT2D eigenvalue weighted by atomic mass is 16.1. The lowest BCUT2D eigenvalue weighted by molar-refractivity contribution is -0.123. The maximum Gasteiger partial charge on any atom is 0.220 e. The average Bonchev–Trinajstić information content (AvgIpc) is 2.48. The zero-order valence-corrected chi connectivity index (χ0v) is 12.3. The van der Waals surface area contributed by atoms with Crippen molar-refractivity contribution in [2.24, 2.45) is 11.7 Å². The highest BCUT2D eigenvalue weighted by Gasteiger charge is 2.25. The van der Waals surface area contributed by atoms with Gasteiger partial charge in [-0.25, -0.2) is 0 Å². The van der Waals surface area contributed by atoms with Gasteiger partial charge in [0, 0.05) is 12.5 Å². The van der Waals surface area contributed by atoms with Gasteiger partial charge in [-0.05, 0) is 30.7 Å². The van der Waals surface area contributed by atoms with Gasteiger partial charge in [0.15, 0.2) is 0 Å². The van der Waals surface area contributed by atoms with Crippen LogP contribution in [-0.4, -0.2) is 11.9 Å². The van der Waals surface area contributed by atoms with E-state index in [0.29, 0.717) is 12.3 Å². The molecule has 1 fully saturated rings. The van der Waals surface area contributed by atoms with Crippen LogP contribution in [0.3, 0.4) is 0 Å². The van der Waals surface area contributed by atoms with E-state index in [1.807, 2.05) is 18.2 Å². The Morgan fingerprint density at radius 2 is 2.00 bits per heavy atom. The second-order valence-corrected chi connectivity index (χ2v) is 5.85. The van der Waals surface area contributed by atoms with E-state index >= 15 is 0 Å². The number of rotatable bonds is 5. The molecule has 0 spiro atoms. The topological polar surface area (TPSA) is 55.1 Å². The first-order chi connectivity index (χ1) is 9.70. The van der Waals surface area contributed by atoms with Crippen LogP contribution in [-0.2, 0) is 4.79 Å². The third kappa shape index (κ3) is 4.07. The SMILES string of the molecule is CCC(NC(=O)CC1CCCCC1N)c1ccccc1. The number of amides is 1. The Bertz CT molecular complexity index is 418. The molecule has 3 unspecified atom stereocenters. The summed E-state index contributed by atoms with van der Waals surface area (Å²) in [4.78, 5) is 12.2. The van der Waals surface area contributed by atoms with Crippen LogP contribution in [0.25, 0.3) is 0 Å². The summed E-state index contributed by atoms with van der Waals surface area (Å²) in [6.07, 6.45) is 6.06. The molecule has 3 atom stereocenters. The van der Waals surface area contributed by atoms with Crippen molar-refractivity contribution < 1.29 is 4.79 Å². The molecule has 3 nitrogen and oxygen atoms in total. The zero-order valence-electron chi connectivity index (χ0n) is 12.3. The number of nitrogens with two attached hydrogens (primary N) is 1. The largest absolute Gasteiger partial charge is 0.349 e. The van der Waals surface area contributed by atoms with Crippen molar-refractivity contribution in [3.8, 4) is 0 Å². The molecule has 1 saturated carbocycles. The predicted octanol–water partition coefficient (Wildman–Crippen LogP) is 3.16. The summed E-state index contributed by atoms with van der Waals surface area (Å²) in [6.45, 7) is 2.10. The first-order valence-electron chi connectivity index (χ1n) is 7.80. The van der Waals surface area contributed by atoms with Gasteiger partial charge in [0.25, 0.3) is 0 Å². The third-order valence-electron chi connectivity index (χ3n) is 4.36. The first-order valence-corrected chi connectivity index (χ1v) is 7.80. The van der Waals surface area contributed by atoms with Gasteiger partial charge >= 0.3 is 0 Å². The Kier molecular flexibility index (Phi) is 5.60. The Labute approximate surface area is 121 Å². The maximum atomic E-state index is 12.2. The van der Waals surface area contributed by atoms with Crippen LogP contribution in [0.2, 0.25) is 0 Å². The summed E-state index contributed by atoms with van der Waals surface area (Å²) in [5, 5.41) is 3.16. The fourth-order valence-electron chi connectivity index (χ4n) is 3.09. The van der Waals surface area contributed by atoms with Gasteiger partial charge in [-0.2, -0.15) is 0 Å². The molecule has 0 saturated heterocycles. The minimum Gasteiger partial charge on any atom is -0.349 e. The summed E-state index contributed by atoms with van der Waals surface area (Å²) in [7, 11) is 0. The fourth-order valence-corrected chi connectivity index (χ4v) is 3.09. The van der Waals surface area contributed by atoms with Crippen molar-refractivity contribution in [1.29, 1.82) is 0 Å². The molecule has 20 heavy (non-hydrogen) atoms. The Morgan fingerprint density at radius 1 is 1.30 bits per heavy atom. The van der Waals surface area contributed by atoms with Crippen LogP contribution in [0.1, 0.15) is 57.1 Å². The highest BCUT2D eigenvalue weighted by molar-refractivity contribution is 5.76. The monoisotopic (exact) mass is 274 g/mol. The third-order valence-corrected chi connectivity index (χ3v) is 4.36. The molecule has 110 valence electrons. The standard InChI is InChI=1S/C17H26N2O/c1-2-16(13-8-4-3-5-9-13)19-17(20)12-14-10-6-7-11-15(14)18/h3-5,8-9,14-16H,2,6-7,10-12,18H2,1H3,(H,19,20). The Hall–Kier alpha value is -1.35. The summed E-state index contributed by atoms with van der Waals surface area (Å²) in [5.41, 5.74) is 7.30. The molecular formula is C17H26N2O. The molecule has 0 bridgehead atoms. The normalized spacial score (nSPS) is 24.1. The van der Waals surface area contributed by atoms with Crippen LogP contribution in [0.4, 0.5) is 0 Å². The number of carbonyl (C=O) groups is 1. The molecule has 0 heterocycles. The van der Waals surface area contributed by atoms with Crippen molar-refractivity contribution in [3.05, 3.63) is 35.9 Å². The predicted molar refractivity (Wildman–Crippen MR) is 82.2 cm³/mol. The van der Waals surface area contributed by atoms with Gasteiger partial charge < -0.3 is 11.1 Å². The second-order valence-electron chi connectivity index (χ2n) is 5.85.